The van der Waals surface area contributed by atoms with E-state index in [0.717, 1.165) is 61.8 Å². The number of benzene rings is 1. The fraction of sp³-hybridized carbons (Fsp3) is 0.476. The van der Waals surface area contributed by atoms with Gasteiger partial charge in [-0.05, 0) is 37.1 Å². The molecule has 1 amide bonds. The van der Waals surface area contributed by atoms with Crippen molar-refractivity contribution in [2.75, 3.05) is 38.2 Å². The summed E-state index contributed by atoms with van der Waals surface area (Å²) in [7, 11) is 1.66. The second-order valence-electron chi connectivity index (χ2n) is 6.82. The standard InChI is InChI=1S/C21H28N4O2/c1-4-16(5-2)21(26)25-12-10-24(11-13-25)20-14-19(22-15-23-20)17-6-8-18(27-3)9-7-17/h6-9,14-16H,4-5,10-13H2,1-3H3. The van der Waals surface area contributed by atoms with Gasteiger partial charge in [-0.3, -0.25) is 4.79 Å². The van der Waals surface area contributed by atoms with Gasteiger partial charge in [-0.15, -0.1) is 0 Å². The summed E-state index contributed by atoms with van der Waals surface area (Å²) in [6.07, 6.45) is 3.43. The first-order chi connectivity index (χ1) is 13.2. The van der Waals surface area contributed by atoms with Crippen LogP contribution in [0.3, 0.4) is 0 Å². The highest BCUT2D eigenvalue weighted by Crippen LogP contribution is 2.24. The highest BCUT2D eigenvalue weighted by Gasteiger charge is 2.26. The molecule has 3 rings (SSSR count). The van der Waals surface area contributed by atoms with Crippen molar-refractivity contribution in [2.24, 2.45) is 5.92 Å². The van der Waals surface area contributed by atoms with Gasteiger partial charge in [-0.2, -0.15) is 0 Å². The molecule has 144 valence electrons. The number of carbonyl (C=O) groups excluding carboxylic acids is 1. The molecule has 1 aromatic carbocycles. The van der Waals surface area contributed by atoms with Crippen LogP contribution in [-0.2, 0) is 4.79 Å². The van der Waals surface area contributed by atoms with Gasteiger partial charge >= 0.3 is 0 Å². The Labute approximate surface area is 161 Å². The van der Waals surface area contributed by atoms with Crippen LogP contribution in [0.2, 0.25) is 0 Å². The first kappa shape index (κ1) is 19.1. The summed E-state index contributed by atoms with van der Waals surface area (Å²) in [4.78, 5) is 25.6. The van der Waals surface area contributed by atoms with E-state index in [2.05, 4.69) is 28.7 Å². The van der Waals surface area contributed by atoms with Crippen molar-refractivity contribution in [3.63, 3.8) is 0 Å². The smallest absolute Gasteiger partial charge is 0.225 e. The lowest BCUT2D eigenvalue weighted by molar-refractivity contribution is -0.136. The molecular formula is C21H28N4O2. The fourth-order valence-corrected chi connectivity index (χ4v) is 3.49. The number of methoxy groups -OCH3 is 1. The maximum atomic E-state index is 12.6. The van der Waals surface area contributed by atoms with Gasteiger partial charge in [0.25, 0.3) is 0 Å². The number of piperazine rings is 1. The van der Waals surface area contributed by atoms with Gasteiger partial charge < -0.3 is 14.5 Å². The molecule has 0 radical (unpaired) electrons. The number of amides is 1. The van der Waals surface area contributed by atoms with Crippen LogP contribution in [0.4, 0.5) is 5.82 Å². The molecule has 1 fully saturated rings. The summed E-state index contributed by atoms with van der Waals surface area (Å²) in [5.41, 5.74) is 1.92. The quantitative estimate of drug-likeness (QED) is 0.783. The van der Waals surface area contributed by atoms with E-state index in [9.17, 15) is 4.79 Å². The van der Waals surface area contributed by atoms with Crippen molar-refractivity contribution in [3.05, 3.63) is 36.7 Å². The van der Waals surface area contributed by atoms with E-state index in [-0.39, 0.29) is 5.92 Å². The molecule has 1 aliphatic heterocycles. The number of nitrogens with zero attached hydrogens (tertiary/aromatic N) is 4. The highest BCUT2D eigenvalue weighted by atomic mass is 16.5. The second-order valence-corrected chi connectivity index (χ2v) is 6.82. The Morgan fingerprint density at radius 1 is 1.07 bits per heavy atom. The average molecular weight is 368 g/mol. The number of rotatable bonds is 6. The van der Waals surface area contributed by atoms with Crippen LogP contribution >= 0.6 is 0 Å². The maximum absolute atomic E-state index is 12.6. The number of aromatic nitrogens is 2. The maximum Gasteiger partial charge on any atom is 0.225 e. The van der Waals surface area contributed by atoms with Crippen molar-refractivity contribution in [1.82, 2.24) is 14.9 Å². The molecular weight excluding hydrogens is 340 g/mol. The SMILES string of the molecule is CCC(CC)C(=O)N1CCN(c2cc(-c3ccc(OC)cc3)ncn2)CC1. The van der Waals surface area contributed by atoms with Crippen molar-refractivity contribution in [1.29, 1.82) is 0 Å². The highest BCUT2D eigenvalue weighted by molar-refractivity contribution is 5.79. The van der Waals surface area contributed by atoms with Gasteiger partial charge in [0.15, 0.2) is 0 Å². The van der Waals surface area contributed by atoms with Crippen LogP contribution in [-0.4, -0.2) is 54.1 Å². The molecule has 0 spiro atoms. The van der Waals surface area contributed by atoms with E-state index in [1.165, 1.54) is 0 Å². The Balaban J connectivity index is 1.67. The van der Waals surface area contributed by atoms with Gasteiger partial charge in [0, 0.05) is 43.7 Å². The minimum Gasteiger partial charge on any atom is -0.497 e. The number of carbonyl (C=O) groups is 1. The van der Waals surface area contributed by atoms with Gasteiger partial charge in [-0.25, -0.2) is 9.97 Å². The summed E-state index contributed by atoms with van der Waals surface area (Å²) in [5.74, 6) is 2.18. The minimum absolute atomic E-state index is 0.150. The van der Waals surface area contributed by atoms with Gasteiger partial charge in [0.05, 0.1) is 12.8 Å². The molecule has 1 aliphatic rings. The Morgan fingerprint density at radius 2 is 1.74 bits per heavy atom. The van der Waals surface area contributed by atoms with Gasteiger partial charge in [0.2, 0.25) is 5.91 Å². The molecule has 0 saturated carbocycles. The number of anilines is 1. The third-order valence-electron chi connectivity index (χ3n) is 5.29. The Morgan fingerprint density at radius 3 is 2.33 bits per heavy atom. The van der Waals surface area contributed by atoms with E-state index in [0.29, 0.717) is 5.91 Å². The monoisotopic (exact) mass is 368 g/mol. The second kappa shape index (κ2) is 8.84. The third kappa shape index (κ3) is 4.38. The number of hydrogen-bond donors (Lipinski definition) is 0. The summed E-state index contributed by atoms with van der Waals surface area (Å²) in [5, 5.41) is 0. The zero-order chi connectivity index (χ0) is 19.2. The molecule has 2 aromatic rings. The van der Waals surface area contributed by atoms with E-state index >= 15 is 0 Å². The molecule has 0 unspecified atom stereocenters. The van der Waals surface area contributed by atoms with Crippen molar-refractivity contribution < 1.29 is 9.53 Å². The minimum atomic E-state index is 0.150. The van der Waals surface area contributed by atoms with E-state index in [1.54, 1.807) is 13.4 Å². The molecule has 1 saturated heterocycles. The van der Waals surface area contributed by atoms with Crippen molar-refractivity contribution in [3.8, 4) is 17.0 Å². The molecule has 1 aromatic heterocycles. The molecule has 0 bridgehead atoms. The van der Waals surface area contributed by atoms with Crippen LogP contribution in [0.25, 0.3) is 11.3 Å². The summed E-state index contributed by atoms with van der Waals surface area (Å²) >= 11 is 0. The normalized spacial score (nSPS) is 14.5. The predicted octanol–water partition coefficient (Wildman–Crippen LogP) is 3.24. The van der Waals surface area contributed by atoms with Crippen LogP contribution < -0.4 is 9.64 Å². The van der Waals surface area contributed by atoms with E-state index in [1.807, 2.05) is 35.2 Å². The molecule has 6 nitrogen and oxygen atoms in total. The molecule has 27 heavy (non-hydrogen) atoms. The average Bonchev–Trinajstić information content (AvgIpc) is 2.75. The topological polar surface area (TPSA) is 58.6 Å². The molecule has 2 heterocycles. The fourth-order valence-electron chi connectivity index (χ4n) is 3.49. The van der Waals surface area contributed by atoms with Crippen LogP contribution in [0, 0.1) is 5.92 Å². The lowest BCUT2D eigenvalue weighted by Crippen LogP contribution is -2.50. The van der Waals surface area contributed by atoms with Crippen molar-refractivity contribution >= 4 is 11.7 Å². The third-order valence-corrected chi connectivity index (χ3v) is 5.29. The lowest BCUT2D eigenvalue weighted by atomic mass is 10.0. The Hall–Kier alpha value is -2.63. The van der Waals surface area contributed by atoms with Crippen LogP contribution in [0.5, 0.6) is 5.75 Å². The largest absolute Gasteiger partial charge is 0.497 e. The molecule has 0 N–H and O–H groups in total. The number of ether oxygens (including phenoxy) is 1. The first-order valence-electron chi connectivity index (χ1n) is 9.66. The number of hydrogen-bond acceptors (Lipinski definition) is 5. The van der Waals surface area contributed by atoms with Gasteiger partial charge in [-0.1, -0.05) is 13.8 Å². The summed E-state index contributed by atoms with van der Waals surface area (Å²) < 4.78 is 5.21. The molecule has 0 atom stereocenters. The zero-order valence-corrected chi connectivity index (χ0v) is 16.4. The molecule has 0 aliphatic carbocycles. The summed E-state index contributed by atoms with van der Waals surface area (Å²) in [6.45, 7) is 7.26. The van der Waals surface area contributed by atoms with E-state index < -0.39 is 0 Å². The Bertz CT molecular complexity index is 751. The van der Waals surface area contributed by atoms with Gasteiger partial charge in [0.1, 0.15) is 17.9 Å². The predicted molar refractivity (Wildman–Crippen MR) is 107 cm³/mol. The summed E-state index contributed by atoms with van der Waals surface area (Å²) in [6, 6.07) is 9.87. The van der Waals surface area contributed by atoms with E-state index in [4.69, 9.17) is 4.74 Å². The van der Waals surface area contributed by atoms with Crippen LogP contribution in [0.15, 0.2) is 36.7 Å². The van der Waals surface area contributed by atoms with Crippen LogP contribution in [0.1, 0.15) is 26.7 Å². The Kier molecular flexibility index (Phi) is 6.27. The lowest BCUT2D eigenvalue weighted by Gasteiger charge is -2.36. The van der Waals surface area contributed by atoms with Crippen molar-refractivity contribution in [2.45, 2.75) is 26.7 Å². The first-order valence-corrected chi connectivity index (χ1v) is 9.66. The molecule has 6 heteroatoms. The zero-order valence-electron chi connectivity index (χ0n) is 16.4.